The SMILES string of the molecule is C1=CC2C=Cc3c(n(-c4nc(-c5ccccc5)cc(-c5ccccc5)n4)c4c5c(ccc34)Oc3ccccc3O5)C2C=C1. The monoisotopic (exact) mass is 555 g/mol. The molecule has 2 aromatic heterocycles. The zero-order valence-corrected chi connectivity index (χ0v) is 23.1. The molecule has 3 aliphatic rings. The summed E-state index contributed by atoms with van der Waals surface area (Å²) in [6.45, 7) is 0. The van der Waals surface area contributed by atoms with E-state index in [-0.39, 0.29) is 11.8 Å². The Balaban J connectivity index is 1.38. The number of fused-ring (bicyclic) bond motifs is 8. The van der Waals surface area contributed by atoms with Gasteiger partial charge in [0, 0.05) is 39.6 Å². The normalized spacial score (nSPS) is 17.4. The lowest BCUT2D eigenvalue weighted by molar-refractivity contribution is 0.362. The summed E-state index contributed by atoms with van der Waals surface area (Å²) >= 11 is 0. The molecule has 0 fully saturated rings. The van der Waals surface area contributed by atoms with E-state index in [0.717, 1.165) is 44.7 Å². The van der Waals surface area contributed by atoms with E-state index < -0.39 is 0 Å². The maximum atomic E-state index is 6.64. The van der Waals surface area contributed by atoms with Gasteiger partial charge in [0.25, 0.3) is 0 Å². The largest absolute Gasteiger partial charge is 0.449 e. The summed E-state index contributed by atoms with van der Waals surface area (Å²) in [7, 11) is 0. The molecule has 0 radical (unpaired) electrons. The fourth-order valence-electron chi connectivity index (χ4n) is 6.45. The van der Waals surface area contributed by atoms with Crippen LogP contribution in [-0.2, 0) is 0 Å². The highest BCUT2D eigenvalue weighted by molar-refractivity contribution is 5.99. The third-order valence-electron chi connectivity index (χ3n) is 8.44. The quantitative estimate of drug-likeness (QED) is 0.218. The van der Waals surface area contributed by atoms with E-state index in [1.54, 1.807) is 0 Å². The molecular formula is C38H25N3O2. The molecule has 5 nitrogen and oxygen atoms in total. The number of hydrogen-bond donors (Lipinski definition) is 0. The second kappa shape index (κ2) is 9.43. The first-order chi connectivity index (χ1) is 21.3. The average molecular weight is 556 g/mol. The van der Waals surface area contributed by atoms with Crippen molar-refractivity contribution in [3.05, 3.63) is 145 Å². The molecule has 2 unspecified atom stereocenters. The van der Waals surface area contributed by atoms with Crippen LogP contribution in [0.15, 0.2) is 134 Å². The maximum Gasteiger partial charge on any atom is 0.235 e. The molecule has 0 amide bonds. The fraction of sp³-hybridized carbons (Fsp3) is 0.0526. The zero-order chi connectivity index (χ0) is 28.3. The smallest absolute Gasteiger partial charge is 0.235 e. The van der Waals surface area contributed by atoms with Gasteiger partial charge in [0.1, 0.15) is 5.52 Å². The molecule has 0 spiro atoms. The van der Waals surface area contributed by atoms with Crippen LogP contribution in [0.1, 0.15) is 17.2 Å². The summed E-state index contributed by atoms with van der Waals surface area (Å²) in [4.78, 5) is 10.5. The van der Waals surface area contributed by atoms with Gasteiger partial charge >= 0.3 is 0 Å². The number of ether oxygens (including phenoxy) is 2. The minimum absolute atomic E-state index is 0.119. The topological polar surface area (TPSA) is 49.2 Å². The number of hydrogen-bond acceptors (Lipinski definition) is 4. The first-order valence-electron chi connectivity index (χ1n) is 14.5. The summed E-state index contributed by atoms with van der Waals surface area (Å²) in [5.41, 5.74) is 6.96. The van der Waals surface area contributed by atoms with Gasteiger partial charge in [-0.2, -0.15) is 0 Å². The maximum absolute atomic E-state index is 6.64. The number of para-hydroxylation sites is 2. The van der Waals surface area contributed by atoms with Crippen molar-refractivity contribution in [3.8, 4) is 51.5 Å². The Morgan fingerprint density at radius 1 is 0.605 bits per heavy atom. The standard InChI is InChI=1S/C38H25N3O2/c1-3-12-25(13-4-1)30-23-31(26-14-5-2-6-15-26)40-38(39-30)41-35-27-16-8-7-11-24(27)19-20-28(35)29-21-22-34-37(36(29)41)43-33-18-10-9-17-32(33)42-34/h1-24,27H. The van der Waals surface area contributed by atoms with Gasteiger partial charge in [-0.25, -0.2) is 9.97 Å². The summed E-state index contributed by atoms with van der Waals surface area (Å²) < 4.78 is 15.2. The van der Waals surface area contributed by atoms with E-state index in [4.69, 9.17) is 19.4 Å². The average Bonchev–Trinajstić information content (AvgIpc) is 3.43. The Morgan fingerprint density at radius 2 is 1.26 bits per heavy atom. The molecule has 0 saturated heterocycles. The molecule has 5 heteroatoms. The predicted molar refractivity (Wildman–Crippen MR) is 170 cm³/mol. The van der Waals surface area contributed by atoms with Crippen LogP contribution in [-0.4, -0.2) is 14.5 Å². The van der Waals surface area contributed by atoms with Gasteiger partial charge in [-0.15, -0.1) is 0 Å². The van der Waals surface area contributed by atoms with Crippen LogP contribution in [0.5, 0.6) is 23.0 Å². The summed E-state index contributed by atoms with van der Waals surface area (Å²) in [6, 6.07) is 34.6. The van der Waals surface area contributed by atoms with Crippen molar-refractivity contribution in [1.82, 2.24) is 14.5 Å². The van der Waals surface area contributed by atoms with Crippen molar-refractivity contribution in [1.29, 1.82) is 0 Å². The van der Waals surface area contributed by atoms with E-state index in [0.29, 0.717) is 28.9 Å². The Morgan fingerprint density at radius 3 is 1.98 bits per heavy atom. The van der Waals surface area contributed by atoms with Gasteiger partial charge in [0.15, 0.2) is 23.0 Å². The van der Waals surface area contributed by atoms with Crippen LogP contribution >= 0.6 is 0 Å². The van der Waals surface area contributed by atoms with E-state index >= 15 is 0 Å². The Kier molecular flexibility index (Phi) is 5.26. The summed E-state index contributed by atoms with van der Waals surface area (Å²) in [5, 5.41) is 1.07. The molecule has 2 aliphatic carbocycles. The third kappa shape index (κ3) is 3.78. The molecular weight excluding hydrogens is 530 g/mol. The van der Waals surface area contributed by atoms with Crippen molar-refractivity contribution in [2.75, 3.05) is 0 Å². The molecule has 0 saturated carbocycles. The number of benzene rings is 4. The van der Waals surface area contributed by atoms with Gasteiger partial charge in [-0.05, 0) is 30.3 Å². The molecule has 1 aliphatic heterocycles. The molecule has 0 bridgehead atoms. The van der Waals surface area contributed by atoms with Crippen LogP contribution < -0.4 is 9.47 Å². The van der Waals surface area contributed by atoms with Crippen molar-refractivity contribution in [2.24, 2.45) is 5.92 Å². The fourth-order valence-corrected chi connectivity index (χ4v) is 6.45. The van der Waals surface area contributed by atoms with Crippen LogP contribution in [0.4, 0.5) is 0 Å². The zero-order valence-electron chi connectivity index (χ0n) is 23.1. The van der Waals surface area contributed by atoms with Gasteiger partial charge in [0.2, 0.25) is 5.95 Å². The number of aromatic nitrogens is 3. The highest BCUT2D eigenvalue weighted by atomic mass is 16.6. The van der Waals surface area contributed by atoms with Crippen molar-refractivity contribution < 1.29 is 9.47 Å². The van der Waals surface area contributed by atoms with Gasteiger partial charge < -0.3 is 9.47 Å². The predicted octanol–water partition coefficient (Wildman–Crippen LogP) is 9.51. The Hall–Kier alpha value is -5.68. The van der Waals surface area contributed by atoms with E-state index in [9.17, 15) is 0 Å². The van der Waals surface area contributed by atoms with Gasteiger partial charge in [-0.3, -0.25) is 4.57 Å². The first-order valence-corrected chi connectivity index (χ1v) is 14.5. The second-order valence-corrected chi connectivity index (χ2v) is 11.0. The number of rotatable bonds is 3. The van der Waals surface area contributed by atoms with Crippen molar-refractivity contribution >= 4 is 17.0 Å². The highest BCUT2D eigenvalue weighted by Gasteiger charge is 2.34. The van der Waals surface area contributed by atoms with Crippen LogP contribution in [0.3, 0.4) is 0 Å². The molecule has 6 aromatic rings. The molecule has 204 valence electrons. The first kappa shape index (κ1) is 24.0. The molecule has 9 rings (SSSR count). The summed E-state index contributed by atoms with van der Waals surface area (Å²) in [5.74, 6) is 3.68. The lowest BCUT2D eigenvalue weighted by atomic mass is 9.80. The van der Waals surface area contributed by atoms with E-state index in [1.165, 1.54) is 0 Å². The lowest BCUT2D eigenvalue weighted by Gasteiger charge is -2.27. The second-order valence-electron chi connectivity index (χ2n) is 11.0. The number of nitrogens with zero attached hydrogens (tertiary/aromatic N) is 3. The highest BCUT2D eigenvalue weighted by Crippen LogP contribution is 2.52. The molecule has 3 heterocycles. The van der Waals surface area contributed by atoms with Crippen LogP contribution in [0.2, 0.25) is 0 Å². The molecule has 4 aromatic carbocycles. The Labute approximate surface area is 248 Å². The summed E-state index contributed by atoms with van der Waals surface area (Å²) in [6.07, 6.45) is 13.3. The van der Waals surface area contributed by atoms with Crippen molar-refractivity contribution in [3.63, 3.8) is 0 Å². The van der Waals surface area contributed by atoms with Crippen molar-refractivity contribution in [2.45, 2.75) is 5.92 Å². The van der Waals surface area contributed by atoms with Crippen LogP contribution in [0, 0.1) is 5.92 Å². The minimum Gasteiger partial charge on any atom is -0.449 e. The van der Waals surface area contributed by atoms with Gasteiger partial charge in [-0.1, -0.05) is 109 Å². The minimum atomic E-state index is 0.119. The van der Waals surface area contributed by atoms with E-state index in [1.807, 2.05) is 66.7 Å². The van der Waals surface area contributed by atoms with Crippen LogP contribution in [0.25, 0.3) is 45.4 Å². The number of allylic oxidation sites excluding steroid dienone is 5. The lowest BCUT2D eigenvalue weighted by Crippen LogP contribution is -2.18. The molecule has 0 N–H and O–H groups in total. The van der Waals surface area contributed by atoms with E-state index in [2.05, 4.69) is 77.4 Å². The molecule has 43 heavy (non-hydrogen) atoms. The Bertz CT molecular complexity index is 2080. The molecule has 2 atom stereocenters. The van der Waals surface area contributed by atoms with Gasteiger partial charge in [0.05, 0.1) is 11.4 Å². The third-order valence-corrected chi connectivity index (χ3v) is 8.44.